The third-order valence-electron chi connectivity index (χ3n) is 2.03. The molecule has 0 aliphatic rings. The van der Waals surface area contributed by atoms with Gasteiger partial charge in [0.05, 0.1) is 11.1 Å². The van der Waals surface area contributed by atoms with Crippen molar-refractivity contribution < 1.29 is 24.5 Å². The van der Waals surface area contributed by atoms with Crippen LogP contribution in [-0.4, -0.2) is 29.3 Å². The molecule has 16 heavy (non-hydrogen) atoms. The maximum absolute atomic E-state index is 10.8. The number of carboxylic acid groups (broad SMARTS) is 2. The minimum Gasteiger partial charge on any atom is -0.478 e. The van der Waals surface area contributed by atoms with Crippen LogP contribution in [0.25, 0.3) is 0 Å². The number of aromatic carboxylic acids is 2. The molecule has 1 rings (SSSR count). The van der Waals surface area contributed by atoms with Crippen LogP contribution in [0, 0.1) is 0 Å². The summed E-state index contributed by atoms with van der Waals surface area (Å²) in [7, 11) is 1.35. The van der Waals surface area contributed by atoms with Gasteiger partial charge in [-0.25, -0.2) is 9.59 Å². The molecule has 0 amide bonds. The molecule has 1 unspecified atom stereocenters. The van der Waals surface area contributed by atoms with Crippen molar-refractivity contribution in [1.29, 1.82) is 0 Å². The summed E-state index contributed by atoms with van der Waals surface area (Å²) in [5.74, 6) is -2.43. The molecule has 0 radical (unpaired) electrons. The van der Waals surface area contributed by atoms with Gasteiger partial charge in [-0.05, 0) is 23.8 Å². The molecule has 4 N–H and O–H groups in total. The van der Waals surface area contributed by atoms with Gasteiger partial charge in [-0.1, -0.05) is 0 Å². The number of hydrogen-bond donors (Lipinski definition) is 3. The SMILES string of the molecule is COC(N)c1cc(C(=O)O)cc(C(=O)O)c1. The van der Waals surface area contributed by atoms with Gasteiger partial charge in [0.25, 0.3) is 0 Å². The van der Waals surface area contributed by atoms with Gasteiger partial charge in [-0.15, -0.1) is 0 Å². The lowest BCUT2D eigenvalue weighted by Crippen LogP contribution is -2.14. The molecule has 86 valence electrons. The summed E-state index contributed by atoms with van der Waals surface area (Å²) in [6.07, 6.45) is -0.850. The Morgan fingerprint density at radius 2 is 1.62 bits per heavy atom. The van der Waals surface area contributed by atoms with E-state index in [0.29, 0.717) is 5.56 Å². The minimum atomic E-state index is -1.22. The molecule has 0 spiro atoms. The third kappa shape index (κ3) is 2.56. The van der Waals surface area contributed by atoms with Gasteiger partial charge in [-0.3, -0.25) is 0 Å². The van der Waals surface area contributed by atoms with Crippen molar-refractivity contribution in [2.75, 3.05) is 7.11 Å². The Morgan fingerprint density at radius 3 is 1.94 bits per heavy atom. The van der Waals surface area contributed by atoms with Gasteiger partial charge in [0.2, 0.25) is 0 Å². The van der Waals surface area contributed by atoms with Crippen molar-refractivity contribution in [2.24, 2.45) is 5.73 Å². The number of rotatable bonds is 4. The summed E-state index contributed by atoms with van der Waals surface area (Å²) in [5.41, 5.74) is 5.56. The van der Waals surface area contributed by atoms with E-state index < -0.39 is 18.2 Å². The van der Waals surface area contributed by atoms with E-state index >= 15 is 0 Å². The molecular formula is C10H11NO5. The number of nitrogens with two attached hydrogens (primary N) is 1. The number of ether oxygens (including phenoxy) is 1. The summed E-state index contributed by atoms with van der Waals surface area (Å²) >= 11 is 0. The van der Waals surface area contributed by atoms with Crippen LogP contribution in [0.2, 0.25) is 0 Å². The Labute approximate surface area is 91.3 Å². The van der Waals surface area contributed by atoms with E-state index in [1.54, 1.807) is 0 Å². The molecule has 0 aliphatic carbocycles. The van der Waals surface area contributed by atoms with Gasteiger partial charge in [0, 0.05) is 7.11 Å². The molecule has 1 atom stereocenters. The second-order valence-electron chi connectivity index (χ2n) is 3.11. The fourth-order valence-corrected chi connectivity index (χ4v) is 1.20. The first-order valence-corrected chi connectivity index (χ1v) is 4.35. The molecule has 0 saturated heterocycles. The zero-order chi connectivity index (χ0) is 12.3. The highest BCUT2D eigenvalue weighted by Gasteiger charge is 2.14. The van der Waals surface area contributed by atoms with Crippen molar-refractivity contribution in [3.8, 4) is 0 Å². The van der Waals surface area contributed by atoms with E-state index in [1.165, 1.54) is 19.2 Å². The lowest BCUT2D eigenvalue weighted by atomic mass is 10.0. The van der Waals surface area contributed by atoms with Crippen molar-refractivity contribution in [2.45, 2.75) is 6.23 Å². The van der Waals surface area contributed by atoms with Crippen LogP contribution in [-0.2, 0) is 4.74 Å². The highest BCUT2D eigenvalue weighted by atomic mass is 16.5. The number of methoxy groups -OCH3 is 1. The summed E-state index contributed by atoms with van der Waals surface area (Å²) in [4.78, 5) is 21.5. The van der Waals surface area contributed by atoms with Crippen LogP contribution in [0.1, 0.15) is 32.5 Å². The van der Waals surface area contributed by atoms with Crippen molar-refractivity contribution in [3.05, 3.63) is 34.9 Å². The zero-order valence-electron chi connectivity index (χ0n) is 8.51. The monoisotopic (exact) mass is 225 g/mol. The largest absolute Gasteiger partial charge is 0.478 e. The highest BCUT2D eigenvalue weighted by Crippen LogP contribution is 2.16. The number of carboxylic acids is 2. The predicted octanol–water partition coefficient (Wildman–Crippen LogP) is 0.687. The average Bonchev–Trinajstić information content (AvgIpc) is 2.27. The first-order chi connectivity index (χ1) is 7.45. The first kappa shape index (κ1) is 12.2. The second kappa shape index (κ2) is 4.73. The van der Waals surface area contributed by atoms with E-state index in [0.717, 1.165) is 6.07 Å². The maximum Gasteiger partial charge on any atom is 0.335 e. The topological polar surface area (TPSA) is 110 Å². The van der Waals surface area contributed by atoms with E-state index in [-0.39, 0.29) is 11.1 Å². The molecular weight excluding hydrogens is 214 g/mol. The molecule has 6 nitrogen and oxygen atoms in total. The number of carbonyl (C=O) groups is 2. The summed E-state index contributed by atoms with van der Waals surface area (Å²) in [5, 5.41) is 17.6. The summed E-state index contributed by atoms with van der Waals surface area (Å²) in [6.45, 7) is 0. The maximum atomic E-state index is 10.8. The van der Waals surface area contributed by atoms with Gasteiger partial charge < -0.3 is 20.7 Å². The fourth-order valence-electron chi connectivity index (χ4n) is 1.20. The Balaban J connectivity index is 3.29. The predicted molar refractivity (Wildman–Crippen MR) is 54.3 cm³/mol. The van der Waals surface area contributed by atoms with E-state index in [1.807, 2.05) is 0 Å². The molecule has 1 aromatic carbocycles. The Hall–Kier alpha value is -1.92. The van der Waals surface area contributed by atoms with Crippen molar-refractivity contribution in [1.82, 2.24) is 0 Å². The number of benzene rings is 1. The van der Waals surface area contributed by atoms with E-state index in [4.69, 9.17) is 20.7 Å². The van der Waals surface area contributed by atoms with Crippen LogP contribution < -0.4 is 5.73 Å². The minimum absolute atomic E-state index is 0.137. The zero-order valence-corrected chi connectivity index (χ0v) is 8.51. The molecule has 0 aliphatic heterocycles. The standard InChI is InChI=1S/C10H11NO5/c1-16-8(11)5-2-6(9(12)13)4-7(3-5)10(14)15/h2-4,8H,11H2,1H3,(H,12,13)(H,14,15). The van der Waals surface area contributed by atoms with Gasteiger partial charge in [-0.2, -0.15) is 0 Å². The van der Waals surface area contributed by atoms with Crippen LogP contribution in [0.5, 0.6) is 0 Å². The van der Waals surface area contributed by atoms with Crippen LogP contribution >= 0.6 is 0 Å². The lowest BCUT2D eigenvalue weighted by Gasteiger charge is -2.11. The van der Waals surface area contributed by atoms with Crippen molar-refractivity contribution in [3.63, 3.8) is 0 Å². The van der Waals surface area contributed by atoms with Crippen LogP contribution in [0.15, 0.2) is 18.2 Å². The molecule has 0 heterocycles. The van der Waals surface area contributed by atoms with Crippen LogP contribution in [0.4, 0.5) is 0 Å². The Kier molecular flexibility index (Phi) is 3.60. The summed E-state index contributed by atoms with van der Waals surface area (Å²) in [6, 6.07) is 3.63. The van der Waals surface area contributed by atoms with Gasteiger partial charge >= 0.3 is 11.9 Å². The van der Waals surface area contributed by atoms with E-state index in [9.17, 15) is 9.59 Å². The van der Waals surface area contributed by atoms with Crippen LogP contribution in [0.3, 0.4) is 0 Å². The van der Waals surface area contributed by atoms with Gasteiger partial charge in [0.1, 0.15) is 6.23 Å². The number of hydrogen-bond acceptors (Lipinski definition) is 4. The quantitative estimate of drug-likeness (QED) is 0.650. The Bertz CT molecular complexity index is 397. The molecule has 0 saturated carbocycles. The van der Waals surface area contributed by atoms with E-state index in [2.05, 4.69) is 0 Å². The average molecular weight is 225 g/mol. The molecule has 0 bridgehead atoms. The Morgan fingerprint density at radius 1 is 1.19 bits per heavy atom. The highest BCUT2D eigenvalue weighted by molar-refractivity contribution is 5.94. The first-order valence-electron chi connectivity index (χ1n) is 4.35. The van der Waals surface area contributed by atoms with Crippen molar-refractivity contribution >= 4 is 11.9 Å². The molecule has 1 aromatic rings. The lowest BCUT2D eigenvalue weighted by molar-refractivity contribution is 0.0696. The second-order valence-corrected chi connectivity index (χ2v) is 3.11. The molecule has 6 heteroatoms. The molecule has 0 aromatic heterocycles. The molecule has 0 fully saturated rings. The fraction of sp³-hybridized carbons (Fsp3) is 0.200. The van der Waals surface area contributed by atoms with Gasteiger partial charge in [0.15, 0.2) is 0 Å². The smallest absolute Gasteiger partial charge is 0.335 e. The summed E-state index contributed by atoms with van der Waals surface area (Å²) < 4.78 is 4.80. The normalized spacial score (nSPS) is 12.1. The third-order valence-corrected chi connectivity index (χ3v) is 2.03.